The summed E-state index contributed by atoms with van der Waals surface area (Å²) in [5.74, 6) is 1.18. The maximum absolute atomic E-state index is 13.2. The molecule has 2 bridgehead atoms. The van der Waals surface area contributed by atoms with Crippen LogP contribution in [0.3, 0.4) is 0 Å². The highest BCUT2D eigenvalue weighted by atomic mass is 35.5. The molecule has 2 atom stereocenters. The van der Waals surface area contributed by atoms with Crippen molar-refractivity contribution >= 4 is 29.3 Å². The minimum absolute atomic E-state index is 0.149. The predicted octanol–water partition coefficient (Wildman–Crippen LogP) is 7.32. The van der Waals surface area contributed by atoms with Crippen LogP contribution < -0.4 is 0 Å². The van der Waals surface area contributed by atoms with Gasteiger partial charge in [0, 0.05) is 23.1 Å². The number of benzene rings is 1. The van der Waals surface area contributed by atoms with Crippen LogP contribution in [-0.2, 0) is 16.1 Å². The summed E-state index contributed by atoms with van der Waals surface area (Å²) in [5.41, 5.74) is 0.921. The number of carbonyl (C=O) groups excluding carboxylic acids is 1. The highest BCUT2D eigenvalue weighted by Gasteiger charge is 2.53. The first-order valence-electron chi connectivity index (χ1n) is 11.8. The van der Waals surface area contributed by atoms with Gasteiger partial charge < -0.3 is 14.0 Å². The maximum Gasteiger partial charge on any atom is 0.412 e. The smallest absolute Gasteiger partial charge is 0.412 e. The van der Waals surface area contributed by atoms with E-state index in [-0.39, 0.29) is 18.7 Å². The van der Waals surface area contributed by atoms with E-state index in [1.165, 1.54) is 0 Å². The van der Waals surface area contributed by atoms with Crippen LogP contribution in [0.5, 0.6) is 0 Å². The first kappa shape index (κ1) is 23.0. The predicted molar refractivity (Wildman–Crippen MR) is 126 cm³/mol. The van der Waals surface area contributed by atoms with Gasteiger partial charge in [-0.2, -0.15) is 0 Å². The monoisotopic (exact) mass is 492 g/mol. The largest absolute Gasteiger partial charge is 0.444 e. The van der Waals surface area contributed by atoms with E-state index in [1.807, 2.05) is 31.7 Å². The number of piperidine rings is 1. The standard InChI is InChI=1S/C25H30Cl2N2O4/c1-24(2,3)32-23(30)29-16-6-5-12-25(29,13-11-16)31-14-17-21(28-33-22(17)15-9-10-15)20-18(26)7-4-8-19(20)27/h4,7-8,15-16H,5-6,9-14H2,1-3H3. The molecule has 3 aliphatic rings. The quantitative estimate of drug-likeness (QED) is 0.437. The fourth-order valence-corrected chi connectivity index (χ4v) is 5.78. The second-order valence-electron chi connectivity index (χ2n) is 10.4. The van der Waals surface area contributed by atoms with Crippen molar-refractivity contribution in [1.82, 2.24) is 10.1 Å². The van der Waals surface area contributed by atoms with E-state index < -0.39 is 11.3 Å². The first-order valence-corrected chi connectivity index (χ1v) is 12.5. The fourth-order valence-electron chi connectivity index (χ4n) is 5.20. The van der Waals surface area contributed by atoms with Gasteiger partial charge >= 0.3 is 6.09 Å². The fraction of sp³-hybridized carbons (Fsp3) is 0.600. The number of amides is 1. The number of hydrogen-bond donors (Lipinski definition) is 0. The van der Waals surface area contributed by atoms with Crippen LogP contribution in [0.15, 0.2) is 22.7 Å². The summed E-state index contributed by atoms with van der Waals surface area (Å²) in [6.07, 6.45) is 6.33. The van der Waals surface area contributed by atoms with Crippen LogP contribution >= 0.6 is 23.2 Å². The van der Waals surface area contributed by atoms with Crippen LogP contribution in [0.1, 0.15) is 83.0 Å². The lowest BCUT2D eigenvalue weighted by Crippen LogP contribution is -2.56. The molecule has 2 unspecified atom stereocenters. The van der Waals surface area contributed by atoms with E-state index in [2.05, 4.69) is 5.16 Å². The number of hydrogen-bond acceptors (Lipinski definition) is 5. The minimum Gasteiger partial charge on any atom is -0.444 e. The molecular formula is C25H30Cl2N2O4. The molecule has 2 aliphatic heterocycles. The summed E-state index contributed by atoms with van der Waals surface area (Å²) in [4.78, 5) is 15.0. The van der Waals surface area contributed by atoms with Gasteiger partial charge in [-0.05, 0) is 77.8 Å². The number of nitrogens with zero attached hydrogens (tertiary/aromatic N) is 2. The Morgan fingerprint density at radius 3 is 2.58 bits per heavy atom. The van der Waals surface area contributed by atoms with E-state index in [4.69, 9.17) is 37.2 Å². The Balaban J connectivity index is 1.46. The molecule has 6 nitrogen and oxygen atoms in total. The number of carbonyl (C=O) groups is 1. The zero-order valence-corrected chi connectivity index (χ0v) is 20.8. The average Bonchev–Trinajstić information content (AvgIpc) is 3.45. The Morgan fingerprint density at radius 1 is 1.18 bits per heavy atom. The summed E-state index contributed by atoms with van der Waals surface area (Å²) >= 11 is 13.0. The van der Waals surface area contributed by atoms with Crippen molar-refractivity contribution in [2.24, 2.45) is 0 Å². The highest BCUT2D eigenvalue weighted by Crippen LogP contribution is 2.49. The second-order valence-corrected chi connectivity index (χ2v) is 11.2. The summed E-state index contributed by atoms with van der Waals surface area (Å²) in [7, 11) is 0. The number of fused-ring (bicyclic) bond motifs is 2. The van der Waals surface area contributed by atoms with Gasteiger partial charge in [-0.3, -0.25) is 4.90 Å². The van der Waals surface area contributed by atoms with E-state index in [1.54, 1.807) is 12.1 Å². The maximum atomic E-state index is 13.2. The lowest BCUT2D eigenvalue weighted by molar-refractivity contribution is -0.163. The van der Waals surface area contributed by atoms with Gasteiger partial charge in [0.05, 0.1) is 16.7 Å². The normalized spacial score (nSPS) is 24.9. The lowest BCUT2D eigenvalue weighted by atomic mass is 9.99. The minimum atomic E-state index is -0.676. The van der Waals surface area contributed by atoms with Crippen LogP contribution in [-0.4, -0.2) is 33.5 Å². The van der Waals surface area contributed by atoms with E-state index in [9.17, 15) is 4.79 Å². The molecule has 0 N–H and O–H groups in total. The molecular weight excluding hydrogens is 463 g/mol. The van der Waals surface area contributed by atoms with Gasteiger partial charge in [-0.15, -0.1) is 0 Å². The first-order chi connectivity index (χ1) is 15.7. The molecule has 1 saturated carbocycles. The molecule has 3 fully saturated rings. The average molecular weight is 493 g/mol. The van der Waals surface area contributed by atoms with Gasteiger partial charge in [-0.1, -0.05) is 34.4 Å². The molecule has 33 heavy (non-hydrogen) atoms. The van der Waals surface area contributed by atoms with E-state index >= 15 is 0 Å². The third kappa shape index (κ3) is 4.38. The number of rotatable bonds is 5. The molecule has 0 spiro atoms. The molecule has 1 aromatic carbocycles. The highest BCUT2D eigenvalue weighted by molar-refractivity contribution is 6.39. The van der Waals surface area contributed by atoms with Crippen molar-refractivity contribution in [3.63, 3.8) is 0 Å². The lowest BCUT2D eigenvalue weighted by Gasteiger charge is -2.44. The Hall–Kier alpha value is -1.76. The van der Waals surface area contributed by atoms with Crippen molar-refractivity contribution < 1.29 is 18.8 Å². The van der Waals surface area contributed by atoms with Crippen LogP contribution in [0.25, 0.3) is 11.3 Å². The van der Waals surface area contributed by atoms with Crippen molar-refractivity contribution in [3.05, 3.63) is 39.6 Å². The summed E-state index contributed by atoms with van der Waals surface area (Å²) < 4.78 is 18.2. The summed E-state index contributed by atoms with van der Waals surface area (Å²) in [5, 5.41) is 5.41. The third-order valence-corrected chi connectivity index (χ3v) is 7.45. The Kier molecular flexibility index (Phi) is 5.91. The molecule has 178 valence electrons. The van der Waals surface area contributed by atoms with Crippen LogP contribution in [0, 0.1) is 0 Å². The molecule has 8 heteroatoms. The van der Waals surface area contributed by atoms with Gasteiger partial charge in [-0.25, -0.2) is 4.79 Å². The topological polar surface area (TPSA) is 64.8 Å². The molecule has 2 aromatic rings. The van der Waals surface area contributed by atoms with Crippen LogP contribution in [0.4, 0.5) is 4.79 Å². The number of aromatic nitrogens is 1. The van der Waals surface area contributed by atoms with Gasteiger partial charge in [0.15, 0.2) is 0 Å². The van der Waals surface area contributed by atoms with Crippen molar-refractivity contribution in [3.8, 4) is 11.3 Å². The van der Waals surface area contributed by atoms with Crippen LogP contribution in [0.2, 0.25) is 10.0 Å². The molecule has 1 amide bonds. The zero-order chi connectivity index (χ0) is 23.4. The molecule has 1 aliphatic carbocycles. The summed E-state index contributed by atoms with van der Waals surface area (Å²) in [6.45, 7) is 5.95. The number of halogens is 2. The number of ether oxygens (including phenoxy) is 2. The van der Waals surface area contributed by atoms with Gasteiger partial charge in [0.1, 0.15) is 22.8 Å². The van der Waals surface area contributed by atoms with E-state index in [0.717, 1.165) is 56.3 Å². The summed E-state index contributed by atoms with van der Waals surface area (Å²) in [6, 6.07) is 5.55. The second kappa shape index (κ2) is 8.47. The Labute approximate surface area is 204 Å². The van der Waals surface area contributed by atoms with E-state index in [0.29, 0.717) is 27.2 Å². The van der Waals surface area contributed by atoms with Crippen molar-refractivity contribution in [1.29, 1.82) is 0 Å². The Bertz CT molecular complexity index is 1030. The zero-order valence-electron chi connectivity index (χ0n) is 19.3. The van der Waals surface area contributed by atoms with Crippen molar-refractivity contribution in [2.45, 2.75) is 95.6 Å². The van der Waals surface area contributed by atoms with Gasteiger partial charge in [0.2, 0.25) is 0 Å². The molecule has 2 saturated heterocycles. The molecule has 1 aromatic heterocycles. The SMILES string of the molecule is CC(C)(C)OC(=O)N1C2CCCC1(OCc1c(-c3c(Cl)cccc3Cl)noc1C1CC1)CC2. The van der Waals surface area contributed by atoms with Crippen molar-refractivity contribution in [2.75, 3.05) is 0 Å². The third-order valence-electron chi connectivity index (χ3n) is 6.82. The molecule has 0 radical (unpaired) electrons. The Morgan fingerprint density at radius 2 is 1.91 bits per heavy atom. The van der Waals surface area contributed by atoms with Gasteiger partial charge in [0.25, 0.3) is 0 Å². The molecule has 5 rings (SSSR count). The molecule has 3 heterocycles.